The Kier molecular flexibility index (Phi) is 4.88. The molecule has 2 aromatic carbocycles. The number of Topliss-reactive ketones (excluding diaryl/α,β-unsaturated/α-hetero) is 1. The fourth-order valence-corrected chi connectivity index (χ4v) is 3.45. The summed E-state index contributed by atoms with van der Waals surface area (Å²) in [4.78, 5) is 37.6. The van der Waals surface area contributed by atoms with Gasteiger partial charge in [-0.2, -0.15) is 5.26 Å². The summed E-state index contributed by atoms with van der Waals surface area (Å²) in [7, 11) is 1.12. The Labute approximate surface area is 160 Å². The summed E-state index contributed by atoms with van der Waals surface area (Å²) in [5, 5.41) is 16.0. The van der Waals surface area contributed by atoms with Gasteiger partial charge in [-0.05, 0) is 29.1 Å². The van der Waals surface area contributed by atoms with E-state index in [9.17, 15) is 19.6 Å². The van der Waals surface area contributed by atoms with Gasteiger partial charge in [0.05, 0.1) is 13.2 Å². The number of hydrogen-bond acceptors (Lipinski definition) is 6. The van der Waals surface area contributed by atoms with Crippen molar-refractivity contribution in [1.29, 1.82) is 5.26 Å². The van der Waals surface area contributed by atoms with Gasteiger partial charge in [0, 0.05) is 12.0 Å². The van der Waals surface area contributed by atoms with Crippen LogP contribution in [0.25, 0.3) is 10.8 Å². The van der Waals surface area contributed by atoms with Gasteiger partial charge in [0.25, 0.3) is 0 Å². The van der Waals surface area contributed by atoms with Gasteiger partial charge in [0.2, 0.25) is 5.91 Å². The quantitative estimate of drug-likeness (QED) is 0.469. The van der Waals surface area contributed by atoms with E-state index in [4.69, 9.17) is 17.0 Å². The van der Waals surface area contributed by atoms with Gasteiger partial charge in [-0.3, -0.25) is 9.59 Å². The molecule has 1 heterocycles. The van der Waals surface area contributed by atoms with Crippen LogP contribution < -0.4 is 10.6 Å². The fourth-order valence-electron chi connectivity index (χ4n) is 3.17. The summed E-state index contributed by atoms with van der Waals surface area (Å²) in [6.45, 7) is 0. The van der Waals surface area contributed by atoms with Crippen LogP contribution >= 0.6 is 12.2 Å². The van der Waals surface area contributed by atoms with Crippen molar-refractivity contribution in [1.82, 2.24) is 10.6 Å². The van der Waals surface area contributed by atoms with E-state index in [1.165, 1.54) is 0 Å². The maximum atomic E-state index is 12.9. The number of esters is 1. The molecule has 3 rings (SSSR count). The molecule has 136 valence electrons. The second-order valence-electron chi connectivity index (χ2n) is 6.13. The van der Waals surface area contributed by atoms with Crippen molar-refractivity contribution in [3.63, 3.8) is 0 Å². The number of nitrogens with one attached hydrogen (secondary N) is 2. The van der Waals surface area contributed by atoms with Crippen molar-refractivity contribution in [3.05, 3.63) is 48.0 Å². The number of nitriles is 1. The number of carbonyl (C=O) groups excluding carboxylic acids is 3. The first-order valence-corrected chi connectivity index (χ1v) is 8.45. The number of ketones is 1. The van der Waals surface area contributed by atoms with Crippen LogP contribution in [0, 0.1) is 17.2 Å². The highest BCUT2D eigenvalue weighted by Crippen LogP contribution is 2.29. The number of thiocarbonyl (C=S) groups is 1. The van der Waals surface area contributed by atoms with Crippen LogP contribution in [0.5, 0.6) is 0 Å². The number of amides is 1. The van der Waals surface area contributed by atoms with E-state index in [-0.39, 0.29) is 5.11 Å². The van der Waals surface area contributed by atoms with Crippen LogP contribution in [0.4, 0.5) is 0 Å². The number of fused-ring (bicyclic) bond motifs is 1. The van der Waals surface area contributed by atoms with Crippen LogP contribution in [-0.2, 0) is 14.3 Å². The first kappa shape index (κ1) is 18.5. The molecule has 0 aromatic heterocycles. The summed E-state index contributed by atoms with van der Waals surface area (Å²) in [5.41, 5.74) is -1.53. The third-order valence-electron chi connectivity index (χ3n) is 4.52. The number of carbonyl (C=O) groups is 3. The number of ether oxygens (including phenoxy) is 1. The lowest BCUT2D eigenvalue weighted by molar-refractivity contribution is -0.152. The molecule has 0 bridgehead atoms. The smallest absolute Gasteiger partial charge is 0.334 e. The highest BCUT2D eigenvalue weighted by Gasteiger charge is 2.55. The van der Waals surface area contributed by atoms with Gasteiger partial charge in [-0.1, -0.05) is 36.4 Å². The molecule has 1 fully saturated rings. The summed E-state index contributed by atoms with van der Waals surface area (Å²) in [5.74, 6) is -3.55. The third kappa shape index (κ3) is 3.25. The highest BCUT2D eigenvalue weighted by atomic mass is 32.1. The first-order chi connectivity index (χ1) is 12.9. The maximum absolute atomic E-state index is 12.9. The predicted molar refractivity (Wildman–Crippen MR) is 101 cm³/mol. The van der Waals surface area contributed by atoms with Crippen molar-refractivity contribution in [3.8, 4) is 6.07 Å². The fraction of sp³-hybridized carbons (Fsp3) is 0.211. The Morgan fingerprint density at radius 2 is 1.96 bits per heavy atom. The molecule has 0 saturated carbocycles. The van der Waals surface area contributed by atoms with Crippen molar-refractivity contribution in [2.24, 2.45) is 5.92 Å². The average molecular weight is 381 g/mol. The number of nitrogens with zero attached hydrogens (tertiary/aromatic N) is 1. The molecule has 2 atom stereocenters. The molecule has 1 saturated heterocycles. The Morgan fingerprint density at radius 1 is 1.26 bits per heavy atom. The van der Waals surface area contributed by atoms with Gasteiger partial charge < -0.3 is 15.4 Å². The summed E-state index contributed by atoms with van der Waals surface area (Å²) >= 11 is 4.96. The number of rotatable bonds is 4. The molecular formula is C19H15N3O4S. The third-order valence-corrected chi connectivity index (χ3v) is 4.72. The van der Waals surface area contributed by atoms with E-state index in [0.717, 1.165) is 17.9 Å². The molecule has 1 aliphatic heterocycles. The molecule has 0 spiro atoms. The SMILES string of the molecule is COC(=O)[C@@]1(CC(=O)c2ccc3ccccc3c2)NC(=S)NC(=O)[C@H]1C#N. The van der Waals surface area contributed by atoms with Gasteiger partial charge in [-0.25, -0.2) is 4.79 Å². The van der Waals surface area contributed by atoms with E-state index in [0.29, 0.717) is 5.56 Å². The summed E-state index contributed by atoms with van der Waals surface area (Å²) in [6, 6.07) is 14.4. The van der Waals surface area contributed by atoms with Crippen molar-refractivity contribution in [2.45, 2.75) is 12.0 Å². The molecule has 2 aromatic rings. The van der Waals surface area contributed by atoms with E-state index in [1.807, 2.05) is 24.3 Å². The number of benzene rings is 2. The standard InChI is InChI=1S/C19H15N3O4S/c1-26-17(25)19(14(10-20)16(24)21-18(27)22-19)9-15(23)13-7-6-11-4-2-3-5-12(11)8-13/h2-8,14H,9H2,1H3,(H2,21,22,24,27)/t14-,19+/m1/s1. The minimum atomic E-state index is -1.88. The molecule has 1 amide bonds. The molecular weight excluding hydrogens is 366 g/mol. The van der Waals surface area contributed by atoms with Crippen LogP contribution in [0.15, 0.2) is 42.5 Å². The lowest BCUT2D eigenvalue weighted by Gasteiger charge is -2.38. The molecule has 0 radical (unpaired) electrons. The molecule has 2 N–H and O–H groups in total. The van der Waals surface area contributed by atoms with Crippen molar-refractivity contribution < 1.29 is 19.1 Å². The Balaban J connectivity index is 2.02. The average Bonchev–Trinajstić information content (AvgIpc) is 2.66. The Hall–Kier alpha value is -3.31. The van der Waals surface area contributed by atoms with Crippen LogP contribution in [0.2, 0.25) is 0 Å². The Bertz CT molecular complexity index is 1010. The van der Waals surface area contributed by atoms with E-state index in [2.05, 4.69) is 10.6 Å². The zero-order valence-electron chi connectivity index (χ0n) is 14.3. The van der Waals surface area contributed by atoms with E-state index in [1.54, 1.807) is 24.3 Å². The van der Waals surface area contributed by atoms with Gasteiger partial charge in [0.1, 0.15) is 0 Å². The molecule has 27 heavy (non-hydrogen) atoms. The van der Waals surface area contributed by atoms with Crippen LogP contribution in [-0.4, -0.2) is 35.4 Å². The summed E-state index contributed by atoms with van der Waals surface area (Å²) < 4.78 is 4.78. The van der Waals surface area contributed by atoms with Gasteiger partial charge in [0.15, 0.2) is 22.4 Å². The second kappa shape index (κ2) is 7.13. The number of hydrogen-bond donors (Lipinski definition) is 2. The summed E-state index contributed by atoms with van der Waals surface area (Å²) in [6.07, 6.45) is -0.455. The second-order valence-corrected chi connectivity index (χ2v) is 6.54. The molecule has 0 aliphatic carbocycles. The van der Waals surface area contributed by atoms with Crippen molar-refractivity contribution in [2.75, 3.05) is 7.11 Å². The van der Waals surface area contributed by atoms with Crippen LogP contribution in [0.1, 0.15) is 16.8 Å². The van der Waals surface area contributed by atoms with Gasteiger partial charge >= 0.3 is 5.97 Å². The first-order valence-electron chi connectivity index (χ1n) is 8.04. The normalized spacial score (nSPS) is 21.7. The molecule has 8 heteroatoms. The monoisotopic (exact) mass is 381 g/mol. The topological polar surface area (TPSA) is 108 Å². The molecule has 0 unspecified atom stereocenters. The van der Waals surface area contributed by atoms with E-state index < -0.39 is 35.5 Å². The minimum Gasteiger partial charge on any atom is -0.467 e. The van der Waals surface area contributed by atoms with Crippen molar-refractivity contribution >= 4 is 45.8 Å². The zero-order valence-corrected chi connectivity index (χ0v) is 15.1. The highest BCUT2D eigenvalue weighted by molar-refractivity contribution is 7.80. The van der Waals surface area contributed by atoms with Crippen LogP contribution in [0.3, 0.4) is 0 Å². The lowest BCUT2D eigenvalue weighted by Crippen LogP contribution is -2.70. The maximum Gasteiger partial charge on any atom is 0.334 e. The lowest BCUT2D eigenvalue weighted by atomic mass is 9.77. The largest absolute Gasteiger partial charge is 0.467 e. The zero-order chi connectivity index (χ0) is 19.6. The number of methoxy groups -OCH3 is 1. The van der Waals surface area contributed by atoms with E-state index >= 15 is 0 Å². The Morgan fingerprint density at radius 3 is 2.63 bits per heavy atom. The molecule has 1 aliphatic rings. The van der Waals surface area contributed by atoms with Gasteiger partial charge in [-0.15, -0.1) is 0 Å². The molecule has 7 nitrogen and oxygen atoms in total. The predicted octanol–water partition coefficient (Wildman–Crippen LogP) is 1.47. The minimum absolute atomic E-state index is 0.136.